The van der Waals surface area contributed by atoms with E-state index in [2.05, 4.69) is 19.2 Å². The van der Waals surface area contributed by atoms with Gasteiger partial charge in [-0.2, -0.15) is 0 Å². The van der Waals surface area contributed by atoms with Crippen LogP contribution >= 0.6 is 0 Å². The maximum absolute atomic E-state index is 13.4. The van der Waals surface area contributed by atoms with Gasteiger partial charge in [0.15, 0.2) is 20.8 Å². The summed E-state index contributed by atoms with van der Waals surface area (Å²) in [5.41, 5.74) is 0.951. The Morgan fingerprint density at radius 3 is 2.44 bits per heavy atom. The first kappa shape index (κ1) is 18.0. The number of carbonyl (C=O) groups is 1. The zero-order valence-corrected chi connectivity index (χ0v) is 16.4. The first-order chi connectivity index (χ1) is 12.7. The van der Waals surface area contributed by atoms with Gasteiger partial charge in [0.2, 0.25) is 5.91 Å². The van der Waals surface area contributed by atoms with E-state index in [1.165, 1.54) is 0 Å². The van der Waals surface area contributed by atoms with Crippen LogP contribution in [0.5, 0.6) is 5.75 Å². The number of rotatable bonds is 3. The Kier molecular flexibility index (Phi) is 4.07. The Morgan fingerprint density at radius 1 is 1.11 bits per heavy atom. The van der Waals surface area contributed by atoms with E-state index in [9.17, 15) is 13.2 Å². The number of nitrogens with one attached hydrogen (secondary N) is 1. The second-order valence-electron chi connectivity index (χ2n) is 7.86. The van der Waals surface area contributed by atoms with Gasteiger partial charge in [-0.25, -0.2) is 8.42 Å². The van der Waals surface area contributed by atoms with Crippen molar-refractivity contribution in [3.05, 3.63) is 59.7 Å². The Morgan fingerprint density at radius 2 is 1.78 bits per heavy atom. The van der Waals surface area contributed by atoms with Crippen molar-refractivity contribution in [2.75, 3.05) is 0 Å². The van der Waals surface area contributed by atoms with E-state index in [0.717, 1.165) is 11.1 Å². The maximum atomic E-state index is 13.4. The number of benzene rings is 2. The van der Waals surface area contributed by atoms with Crippen LogP contribution in [0.15, 0.2) is 53.4 Å². The molecule has 6 heteroatoms. The molecule has 1 N–H and O–H groups in total. The van der Waals surface area contributed by atoms with Crippen molar-refractivity contribution in [2.45, 2.75) is 54.9 Å². The van der Waals surface area contributed by atoms with Gasteiger partial charge >= 0.3 is 0 Å². The van der Waals surface area contributed by atoms with Gasteiger partial charge in [0.1, 0.15) is 5.75 Å². The summed E-state index contributed by atoms with van der Waals surface area (Å²) in [5.74, 6) is -0.00548. The third kappa shape index (κ3) is 2.92. The highest BCUT2D eigenvalue weighted by atomic mass is 32.2. The van der Waals surface area contributed by atoms with E-state index in [1.807, 2.05) is 36.4 Å². The van der Waals surface area contributed by atoms with Crippen molar-refractivity contribution in [2.24, 2.45) is 0 Å². The summed E-state index contributed by atoms with van der Waals surface area (Å²) in [6, 6.07) is 14.2. The Bertz CT molecular complexity index is 997. The predicted molar refractivity (Wildman–Crippen MR) is 102 cm³/mol. The number of amides is 1. The first-order valence-electron chi connectivity index (χ1n) is 9.15. The van der Waals surface area contributed by atoms with Gasteiger partial charge in [0.05, 0.1) is 4.90 Å². The average molecular weight is 385 g/mol. The van der Waals surface area contributed by atoms with Crippen LogP contribution < -0.4 is 10.1 Å². The number of sulfone groups is 1. The number of piperidine rings is 1. The molecule has 1 fully saturated rings. The van der Waals surface area contributed by atoms with Gasteiger partial charge in [-0.05, 0) is 42.2 Å². The smallest absolute Gasteiger partial charge is 0.242 e. The fourth-order valence-corrected chi connectivity index (χ4v) is 5.93. The summed E-state index contributed by atoms with van der Waals surface area (Å²) >= 11 is 0. The normalized spacial score (nSPS) is 26.9. The molecule has 5 nitrogen and oxygen atoms in total. The quantitative estimate of drug-likeness (QED) is 0.879. The molecule has 1 saturated heterocycles. The second kappa shape index (κ2) is 6.09. The molecule has 1 amide bonds. The van der Waals surface area contributed by atoms with Crippen LogP contribution in [0, 0.1) is 0 Å². The van der Waals surface area contributed by atoms with Crippen LogP contribution in [0.3, 0.4) is 0 Å². The number of para-hydroxylation sites is 1. The summed E-state index contributed by atoms with van der Waals surface area (Å²) in [7, 11) is -3.84. The summed E-state index contributed by atoms with van der Waals surface area (Å²) in [6.45, 7) is 5.89. The molecule has 0 spiro atoms. The predicted octanol–water partition coefficient (Wildman–Crippen LogP) is 3.36. The fraction of sp³-hybridized carbons (Fsp3) is 0.381. The zero-order valence-electron chi connectivity index (χ0n) is 15.6. The molecule has 0 aliphatic carbocycles. The van der Waals surface area contributed by atoms with E-state index < -0.39 is 32.6 Å². The molecule has 2 aromatic rings. The van der Waals surface area contributed by atoms with Crippen molar-refractivity contribution < 1.29 is 17.9 Å². The molecule has 2 aliphatic heterocycles. The SMILES string of the molecule is CC(C)c1ccc(S(=O)(=O)[C@@H]2C(=O)N[C@@]3(C)C[C@H]2c2ccccc2O3)cc1. The molecule has 142 valence electrons. The molecule has 4 rings (SSSR count). The van der Waals surface area contributed by atoms with E-state index in [1.54, 1.807) is 19.1 Å². The number of hydrogen-bond donors (Lipinski definition) is 1. The van der Waals surface area contributed by atoms with Gasteiger partial charge in [-0.15, -0.1) is 0 Å². The third-order valence-corrected chi connectivity index (χ3v) is 7.62. The van der Waals surface area contributed by atoms with Crippen molar-refractivity contribution >= 4 is 15.7 Å². The highest BCUT2D eigenvalue weighted by molar-refractivity contribution is 7.92. The van der Waals surface area contributed by atoms with Gasteiger partial charge < -0.3 is 10.1 Å². The van der Waals surface area contributed by atoms with Crippen molar-refractivity contribution in [1.29, 1.82) is 0 Å². The molecule has 0 aromatic heterocycles. The van der Waals surface area contributed by atoms with Gasteiger partial charge in [-0.3, -0.25) is 4.79 Å². The highest BCUT2D eigenvalue weighted by Crippen LogP contribution is 2.47. The molecule has 0 unspecified atom stereocenters. The van der Waals surface area contributed by atoms with E-state index in [-0.39, 0.29) is 4.90 Å². The summed E-state index contributed by atoms with van der Waals surface area (Å²) < 4.78 is 32.7. The molecule has 3 atom stereocenters. The summed E-state index contributed by atoms with van der Waals surface area (Å²) in [4.78, 5) is 13.0. The van der Waals surface area contributed by atoms with E-state index in [0.29, 0.717) is 18.1 Å². The van der Waals surface area contributed by atoms with Crippen LogP contribution in [-0.2, 0) is 14.6 Å². The van der Waals surface area contributed by atoms with E-state index >= 15 is 0 Å². The average Bonchev–Trinajstić information content (AvgIpc) is 2.60. The van der Waals surface area contributed by atoms with Crippen molar-refractivity contribution in [3.8, 4) is 5.75 Å². The molecular formula is C21H23NO4S. The lowest BCUT2D eigenvalue weighted by Gasteiger charge is -2.46. The highest BCUT2D eigenvalue weighted by Gasteiger charge is 2.53. The van der Waals surface area contributed by atoms with Gasteiger partial charge in [-0.1, -0.05) is 44.2 Å². The van der Waals surface area contributed by atoms with Crippen LogP contribution in [0.1, 0.15) is 50.2 Å². The van der Waals surface area contributed by atoms with Crippen molar-refractivity contribution in [1.82, 2.24) is 5.32 Å². The molecule has 2 bridgehead atoms. The second-order valence-corrected chi connectivity index (χ2v) is 9.93. The van der Waals surface area contributed by atoms with Crippen LogP contribution in [-0.4, -0.2) is 25.3 Å². The van der Waals surface area contributed by atoms with Crippen molar-refractivity contribution in [3.63, 3.8) is 0 Å². The molecule has 27 heavy (non-hydrogen) atoms. The Labute approximate surface area is 159 Å². The zero-order chi connectivity index (χ0) is 19.4. The molecule has 2 aliphatic rings. The Balaban J connectivity index is 1.79. The third-order valence-electron chi connectivity index (χ3n) is 5.48. The standard InChI is InChI=1S/C21H23NO4S/c1-13(2)14-8-10-15(11-9-14)27(24,25)19-17-12-21(3,22-20(19)23)26-18-7-5-4-6-16(17)18/h4-11,13,17,19H,12H2,1-3H3,(H,22,23)/t17-,19-,21+/m0/s1. The largest absolute Gasteiger partial charge is 0.468 e. The molecule has 2 aromatic carbocycles. The minimum Gasteiger partial charge on any atom is -0.468 e. The minimum absolute atomic E-state index is 0.180. The topological polar surface area (TPSA) is 72.5 Å². The number of hydrogen-bond acceptors (Lipinski definition) is 4. The number of carbonyl (C=O) groups excluding carboxylic acids is 1. The monoisotopic (exact) mass is 385 g/mol. The minimum atomic E-state index is -3.84. The Hall–Kier alpha value is -2.34. The lowest BCUT2D eigenvalue weighted by molar-refractivity contribution is -0.132. The first-order valence-corrected chi connectivity index (χ1v) is 10.7. The molecule has 0 radical (unpaired) electrons. The fourth-order valence-electron chi connectivity index (χ4n) is 4.10. The number of fused-ring (bicyclic) bond motifs is 4. The molecule has 0 saturated carbocycles. The molecular weight excluding hydrogens is 362 g/mol. The molecule has 2 heterocycles. The van der Waals surface area contributed by atoms with E-state index in [4.69, 9.17) is 4.74 Å². The van der Waals surface area contributed by atoms with Crippen LogP contribution in [0.4, 0.5) is 0 Å². The van der Waals surface area contributed by atoms with Crippen LogP contribution in [0.25, 0.3) is 0 Å². The lowest BCUT2D eigenvalue weighted by atomic mass is 9.81. The lowest BCUT2D eigenvalue weighted by Crippen LogP contribution is -2.63. The van der Waals surface area contributed by atoms with Crippen LogP contribution in [0.2, 0.25) is 0 Å². The summed E-state index contributed by atoms with van der Waals surface area (Å²) in [5, 5.41) is 1.61. The van der Waals surface area contributed by atoms with Gasteiger partial charge in [0.25, 0.3) is 0 Å². The van der Waals surface area contributed by atoms with Gasteiger partial charge in [0, 0.05) is 12.3 Å². The number of ether oxygens (including phenoxy) is 1. The maximum Gasteiger partial charge on any atom is 0.242 e. The summed E-state index contributed by atoms with van der Waals surface area (Å²) in [6.07, 6.45) is 0.420.